The van der Waals surface area contributed by atoms with Crippen molar-refractivity contribution in [3.63, 3.8) is 0 Å². The fourth-order valence-electron chi connectivity index (χ4n) is 3.91. The van der Waals surface area contributed by atoms with Gasteiger partial charge in [-0.3, -0.25) is 14.5 Å². The lowest BCUT2D eigenvalue weighted by molar-refractivity contribution is 0.0296. The number of nitrogens with two attached hydrogens (primary N) is 1. The van der Waals surface area contributed by atoms with E-state index in [0.29, 0.717) is 24.7 Å². The van der Waals surface area contributed by atoms with E-state index in [9.17, 15) is 0 Å². The van der Waals surface area contributed by atoms with Gasteiger partial charge in [0.2, 0.25) is 0 Å². The zero-order valence-electron chi connectivity index (χ0n) is 13.6. The van der Waals surface area contributed by atoms with Crippen LogP contribution in [0.5, 0.6) is 0 Å². The van der Waals surface area contributed by atoms with Gasteiger partial charge >= 0.3 is 0 Å². The molecule has 0 radical (unpaired) electrons. The Morgan fingerprint density at radius 3 is 2.86 bits per heavy atom. The van der Waals surface area contributed by atoms with Crippen molar-refractivity contribution in [2.24, 2.45) is 5.73 Å². The molecule has 5 nitrogen and oxygen atoms in total. The quantitative estimate of drug-likeness (QED) is 0.916. The molecule has 21 heavy (non-hydrogen) atoms. The number of nitrogens with zero attached hydrogens (tertiary/aromatic N) is 4. The molecule has 2 fully saturated rings. The molecule has 2 saturated heterocycles. The Morgan fingerprint density at radius 1 is 1.38 bits per heavy atom. The van der Waals surface area contributed by atoms with Crippen molar-refractivity contribution in [2.75, 3.05) is 26.2 Å². The number of rotatable bonds is 4. The summed E-state index contributed by atoms with van der Waals surface area (Å²) < 4.78 is 2.04. The highest BCUT2D eigenvalue weighted by Crippen LogP contribution is 2.30. The first kappa shape index (κ1) is 15.0. The van der Waals surface area contributed by atoms with E-state index >= 15 is 0 Å². The Balaban J connectivity index is 1.78. The minimum Gasteiger partial charge on any atom is -0.329 e. The van der Waals surface area contributed by atoms with E-state index in [1.54, 1.807) is 0 Å². The third-order valence-corrected chi connectivity index (χ3v) is 5.14. The SMILES string of the molecule is CC1CN2CCCC2CN1C(CN)c1cnn(C(C)C)c1. The lowest BCUT2D eigenvalue weighted by Crippen LogP contribution is -2.56. The lowest BCUT2D eigenvalue weighted by Gasteiger charge is -2.45. The van der Waals surface area contributed by atoms with Crippen LogP contribution in [-0.4, -0.2) is 57.8 Å². The topological polar surface area (TPSA) is 50.3 Å². The maximum Gasteiger partial charge on any atom is 0.0538 e. The van der Waals surface area contributed by atoms with Gasteiger partial charge in [-0.2, -0.15) is 5.10 Å². The van der Waals surface area contributed by atoms with Crippen LogP contribution in [0.15, 0.2) is 12.4 Å². The monoisotopic (exact) mass is 291 g/mol. The van der Waals surface area contributed by atoms with Crippen LogP contribution in [0.2, 0.25) is 0 Å². The highest BCUT2D eigenvalue weighted by Gasteiger charge is 2.37. The molecule has 0 saturated carbocycles. The summed E-state index contributed by atoms with van der Waals surface area (Å²) in [6, 6.07) is 2.00. The van der Waals surface area contributed by atoms with E-state index < -0.39 is 0 Å². The second kappa shape index (κ2) is 6.07. The van der Waals surface area contributed by atoms with Crippen molar-refractivity contribution >= 4 is 0 Å². The number of hydrogen-bond donors (Lipinski definition) is 1. The molecule has 0 spiro atoms. The van der Waals surface area contributed by atoms with Crippen molar-refractivity contribution in [2.45, 2.75) is 57.8 Å². The normalized spacial score (nSPS) is 29.0. The van der Waals surface area contributed by atoms with Gasteiger partial charge in [-0.15, -0.1) is 0 Å². The van der Waals surface area contributed by atoms with E-state index in [1.807, 2.05) is 10.9 Å². The van der Waals surface area contributed by atoms with Gasteiger partial charge in [0, 0.05) is 49.5 Å². The van der Waals surface area contributed by atoms with Gasteiger partial charge in [0.1, 0.15) is 0 Å². The zero-order valence-corrected chi connectivity index (χ0v) is 13.6. The minimum atomic E-state index is 0.301. The standard InChI is InChI=1S/C16H29N5/c1-12(2)21-10-14(8-18-21)16(7-17)20-11-15-5-4-6-19(15)9-13(20)3/h8,10,12-13,15-16H,4-7,9,11,17H2,1-3H3. The summed E-state index contributed by atoms with van der Waals surface area (Å²) in [7, 11) is 0. The summed E-state index contributed by atoms with van der Waals surface area (Å²) in [5.74, 6) is 0. The van der Waals surface area contributed by atoms with Gasteiger partial charge in [0.05, 0.1) is 12.2 Å². The van der Waals surface area contributed by atoms with Gasteiger partial charge in [-0.1, -0.05) is 0 Å². The Labute approximate surface area is 128 Å². The molecule has 5 heteroatoms. The lowest BCUT2D eigenvalue weighted by atomic mass is 10.0. The number of aromatic nitrogens is 2. The van der Waals surface area contributed by atoms with Crippen molar-refractivity contribution in [1.29, 1.82) is 0 Å². The van der Waals surface area contributed by atoms with Gasteiger partial charge in [0.25, 0.3) is 0 Å². The molecular weight excluding hydrogens is 262 g/mol. The molecule has 0 bridgehead atoms. The third-order valence-electron chi connectivity index (χ3n) is 5.14. The van der Waals surface area contributed by atoms with Crippen LogP contribution < -0.4 is 5.73 Å². The van der Waals surface area contributed by atoms with E-state index in [1.165, 1.54) is 31.5 Å². The largest absolute Gasteiger partial charge is 0.329 e. The summed E-state index contributed by atoms with van der Waals surface area (Å²) in [5, 5.41) is 4.49. The summed E-state index contributed by atoms with van der Waals surface area (Å²) in [4.78, 5) is 5.26. The van der Waals surface area contributed by atoms with E-state index in [2.05, 4.69) is 41.9 Å². The van der Waals surface area contributed by atoms with Crippen LogP contribution in [-0.2, 0) is 0 Å². The molecule has 2 aliphatic heterocycles. The van der Waals surface area contributed by atoms with Crippen LogP contribution in [0.1, 0.15) is 51.3 Å². The molecular formula is C16H29N5. The summed E-state index contributed by atoms with van der Waals surface area (Å²) in [5.41, 5.74) is 7.40. The molecule has 3 atom stereocenters. The molecule has 118 valence electrons. The summed E-state index contributed by atoms with van der Waals surface area (Å²) >= 11 is 0. The molecule has 0 amide bonds. The maximum absolute atomic E-state index is 6.13. The van der Waals surface area contributed by atoms with Crippen molar-refractivity contribution in [3.8, 4) is 0 Å². The zero-order chi connectivity index (χ0) is 15.0. The first-order valence-corrected chi connectivity index (χ1v) is 8.34. The first-order chi connectivity index (χ1) is 10.1. The van der Waals surface area contributed by atoms with E-state index in [4.69, 9.17) is 5.73 Å². The molecule has 3 heterocycles. The number of hydrogen-bond acceptors (Lipinski definition) is 4. The molecule has 2 N–H and O–H groups in total. The highest BCUT2D eigenvalue weighted by atomic mass is 15.3. The van der Waals surface area contributed by atoms with Crippen molar-refractivity contribution < 1.29 is 0 Å². The Hall–Kier alpha value is -0.910. The maximum atomic E-state index is 6.13. The van der Waals surface area contributed by atoms with E-state index in [-0.39, 0.29) is 0 Å². The Kier molecular flexibility index (Phi) is 4.33. The van der Waals surface area contributed by atoms with Gasteiger partial charge < -0.3 is 5.73 Å². The number of piperazine rings is 1. The average molecular weight is 291 g/mol. The predicted octanol–water partition coefficient (Wildman–Crippen LogP) is 1.63. The van der Waals surface area contributed by atoms with Crippen molar-refractivity contribution in [3.05, 3.63) is 18.0 Å². The summed E-state index contributed by atoms with van der Waals surface area (Å²) in [6.45, 7) is 10.9. The summed E-state index contributed by atoms with van der Waals surface area (Å²) in [6.07, 6.45) is 6.87. The van der Waals surface area contributed by atoms with E-state index in [0.717, 1.165) is 12.6 Å². The van der Waals surface area contributed by atoms with Crippen LogP contribution >= 0.6 is 0 Å². The van der Waals surface area contributed by atoms with Crippen LogP contribution in [0.25, 0.3) is 0 Å². The second-order valence-electron chi connectivity index (χ2n) is 6.94. The Morgan fingerprint density at radius 2 is 2.19 bits per heavy atom. The molecule has 1 aromatic heterocycles. The minimum absolute atomic E-state index is 0.301. The average Bonchev–Trinajstić information content (AvgIpc) is 3.08. The molecule has 3 unspecified atom stereocenters. The molecule has 3 rings (SSSR count). The first-order valence-electron chi connectivity index (χ1n) is 8.34. The highest BCUT2D eigenvalue weighted by molar-refractivity contribution is 5.13. The molecule has 1 aromatic rings. The van der Waals surface area contributed by atoms with Gasteiger partial charge in [-0.05, 0) is 40.2 Å². The fourth-order valence-corrected chi connectivity index (χ4v) is 3.91. The van der Waals surface area contributed by atoms with Gasteiger partial charge in [-0.25, -0.2) is 0 Å². The second-order valence-corrected chi connectivity index (χ2v) is 6.94. The van der Waals surface area contributed by atoms with Crippen molar-refractivity contribution in [1.82, 2.24) is 19.6 Å². The molecule has 2 aliphatic rings. The number of fused-ring (bicyclic) bond motifs is 1. The molecule has 0 aromatic carbocycles. The third kappa shape index (κ3) is 2.87. The Bertz CT molecular complexity index is 469. The predicted molar refractivity (Wildman–Crippen MR) is 85.2 cm³/mol. The molecule has 0 aliphatic carbocycles. The fraction of sp³-hybridized carbons (Fsp3) is 0.812. The van der Waals surface area contributed by atoms with Crippen LogP contribution in [0, 0.1) is 0 Å². The van der Waals surface area contributed by atoms with Gasteiger partial charge in [0.15, 0.2) is 0 Å². The van der Waals surface area contributed by atoms with Crippen LogP contribution in [0.3, 0.4) is 0 Å². The smallest absolute Gasteiger partial charge is 0.0538 e. The van der Waals surface area contributed by atoms with Crippen LogP contribution in [0.4, 0.5) is 0 Å².